The molecule has 30 heavy (non-hydrogen) atoms. The number of guanidine groups is 1. The Morgan fingerprint density at radius 3 is 2.83 bits per heavy atom. The highest BCUT2D eigenvalue weighted by Crippen LogP contribution is 2.18. The number of para-hydroxylation sites is 1. The van der Waals surface area contributed by atoms with Gasteiger partial charge >= 0.3 is 0 Å². The first kappa shape index (κ1) is 24.4. The van der Waals surface area contributed by atoms with Crippen molar-refractivity contribution in [2.75, 3.05) is 66.6 Å². The van der Waals surface area contributed by atoms with E-state index in [1.807, 2.05) is 32.3 Å². The molecule has 1 atom stereocenters. The van der Waals surface area contributed by atoms with Crippen molar-refractivity contribution in [3.8, 4) is 5.75 Å². The summed E-state index contributed by atoms with van der Waals surface area (Å²) in [6.07, 6.45) is 0.183. The van der Waals surface area contributed by atoms with E-state index in [1.54, 1.807) is 0 Å². The van der Waals surface area contributed by atoms with E-state index >= 15 is 0 Å². The summed E-state index contributed by atoms with van der Waals surface area (Å²) >= 11 is 0. The molecule has 0 saturated carbocycles. The molecule has 170 valence electrons. The van der Waals surface area contributed by atoms with E-state index in [0.29, 0.717) is 19.1 Å². The summed E-state index contributed by atoms with van der Waals surface area (Å²) in [6, 6.07) is 8.13. The molecule has 0 aromatic heterocycles. The molecule has 1 unspecified atom stereocenters. The van der Waals surface area contributed by atoms with Crippen LogP contribution in [0, 0.1) is 5.92 Å². The van der Waals surface area contributed by atoms with Crippen molar-refractivity contribution in [2.24, 2.45) is 10.9 Å². The van der Waals surface area contributed by atoms with Gasteiger partial charge in [0.2, 0.25) is 0 Å². The van der Waals surface area contributed by atoms with E-state index in [1.165, 1.54) is 0 Å². The molecule has 1 aliphatic heterocycles. The van der Waals surface area contributed by atoms with Crippen LogP contribution in [0.5, 0.6) is 5.75 Å². The lowest BCUT2D eigenvalue weighted by molar-refractivity contribution is -0.0284. The molecule has 2 rings (SSSR count). The molecule has 7 heteroatoms. The molecule has 1 aromatic carbocycles. The van der Waals surface area contributed by atoms with E-state index in [0.717, 1.165) is 63.1 Å². The zero-order chi connectivity index (χ0) is 21.8. The Bertz CT molecular complexity index is 636. The van der Waals surface area contributed by atoms with Gasteiger partial charge in [-0.3, -0.25) is 4.90 Å². The van der Waals surface area contributed by atoms with Crippen LogP contribution in [0.1, 0.15) is 26.3 Å². The quantitative estimate of drug-likeness (QED) is 0.423. The lowest BCUT2D eigenvalue weighted by atomic mass is 10.2. The summed E-state index contributed by atoms with van der Waals surface area (Å²) in [5.74, 6) is 2.39. The summed E-state index contributed by atoms with van der Waals surface area (Å²) < 4.78 is 11.9. The molecule has 0 bridgehead atoms. The Balaban J connectivity index is 1.90. The number of hydrogen-bond acceptors (Lipinski definition) is 5. The molecular weight excluding hydrogens is 378 g/mol. The Morgan fingerprint density at radius 2 is 2.10 bits per heavy atom. The van der Waals surface area contributed by atoms with Gasteiger partial charge in [-0.25, -0.2) is 4.99 Å². The number of rotatable bonds is 11. The zero-order valence-corrected chi connectivity index (χ0v) is 19.5. The second kappa shape index (κ2) is 13.5. The average molecular weight is 420 g/mol. The number of morpholine rings is 1. The predicted molar refractivity (Wildman–Crippen MR) is 124 cm³/mol. The number of nitrogens with one attached hydrogen (secondary N) is 2. The topological polar surface area (TPSA) is 61.4 Å². The van der Waals surface area contributed by atoms with Crippen LogP contribution in [0.25, 0.3) is 0 Å². The third kappa shape index (κ3) is 9.32. The van der Waals surface area contributed by atoms with Crippen molar-refractivity contribution in [3.05, 3.63) is 29.8 Å². The third-order valence-electron chi connectivity index (χ3n) is 4.86. The minimum atomic E-state index is 0.183. The maximum atomic E-state index is 5.96. The molecule has 1 aliphatic rings. The van der Waals surface area contributed by atoms with Crippen LogP contribution < -0.4 is 15.4 Å². The smallest absolute Gasteiger partial charge is 0.191 e. The molecule has 1 heterocycles. The van der Waals surface area contributed by atoms with Gasteiger partial charge in [0.1, 0.15) is 12.4 Å². The van der Waals surface area contributed by atoms with Gasteiger partial charge in [-0.05, 0) is 33.0 Å². The number of ether oxygens (including phenoxy) is 2. The highest BCUT2D eigenvalue weighted by molar-refractivity contribution is 5.79. The standard InChI is InChI=1S/C23H41N5O2/c1-6-24-23(26-16-21-18-28(12-14-29-21)17-19(2)3)25-15-20-9-7-8-10-22(20)30-13-11-27(4)5/h7-10,19,21H,6,11-18H2,1-5H3,(H2,24,25,26). The molecule has 1 aromatic rings. The number of aliphatic imine (C=N–C) groups is 1. The van der Waals surface area contributed by atoms with Crippen molar-refractivity contribution in [2.45, 2.75) is 33.4 Å². The molecule has 2 N–H and O–H groups in total. The van der Waals surface area contributed by atoms with Crippen LogP contribution in [0.2, 0.25) is 0 Å². The molecular formula is C23H41N5O2. The maximum Gasteiger partial charge on any atom is 0.191 e. The largest absolute Gasteiger partial charge is 0.492 e. The van der Waals surface area contributed by atoms with Crippen LogP contribution in [0.4, 0.5) is 0 Å². The minimum Gasteiger partial charge on any atom is -0.492 e. The van der Waals surface area contributed by atoms with Crippen LogP contribution in [-0.4, -0.2) is 88.4 Å². The summed E-state index contributed by atoms with van der Waals surface area (Å²) in [6.45, 7) is 14.2. The van der Waals surface area contributed by atoms with Gasteiger partial charge in [0.15, 0.2) is 5.96 Å². The van der Waals surface area contributed by atoms with E-state index < -0.39 is 0 Å². The second-order valence-electron chi connectivity index (χ2n) is 8.48. The normalized spacial score (nSPS) is 18.1. The molecule has 7 nitrogen and oxygen atoms in total. The summed E-state index contributed by atoms with van der Waals surface area (Å²) in [7, 11) is 4.10. The summed E-state index contributed by atoms with van der Waals surface area (Å²) in [5.41, 5.74) is 1.09. The highest BCUT2D eigenvalue weighted by atomic mass is 16.5. The molecule has 0 spiro atoms. The van der Waals surface area contributed by atoms with Crippen molar-refractivity contribution >= 4 is 5.96 Å². The Morgan fingerprint density at radius 1 is 1.30 bits per heavy atom. The van der Waals surface area contributed by atoms with Crippen LogP contribution in [-0.2, 0) is 11.3 Å². The first-order valence-corrected chi connectivity index (χ1v) is 11.2. The summed E-state index contributed by atoms with van der Waals surface area (Å²) in [4.78, 5) is 9.38. The van der Waals surface area contributed by atoms with Crippen molar-refractivity contribution in [1.29, 1.82) is 0 Å². The van der Waals surface area contributed by atoms with Crippen LogP contribution >= 0.6 is 0 Å². The lowest BCUT2D eigenvalue weighted by Crippen LogP contribution is -2.50. The Hall–Kier alpha value is -1.83. The number of likely N-dealkylation sites (N-methyl/N-ethyl adjacent to an activating group) is 1. The SMILES string of the molecule is CCNC(=NCc1ccccc1OCCN(C)C)NCC1CN(CC(C)C)CCO1. The average Bonchev–Trinajstić information content (AvgIpc) is 2.70. The second-order valence-corrected chi connectivity index (χ2v) is 8.48. The number of nitrogens with zero attached hydrogens (tertiary/aromatic N) is 3. The fraction of sp³-hybridized carbons (Fsp3) is 0.696. The fourth-order valence-electron chi connectivity index (χ4n) is 3.42. The van der Waals surface area contributed by atoms with Crippen molar-refractivity contribution in [3.63, 3.8) is 0 Å². The first-order chi connectivity index (χ1) is 14.5. The zero-order valence-electron chi connectivity index (χ0n) is 19.5. The predicted octanol–water partition coefficient (Wildman–Crippen LogP) is 2.04. The Kier molecular flexibility index (Phi) is 11.0. The van der Waals surface area contributed by atoms with Crippen LogP contribution in [0.15, 0.2) is 29.3 Å². The molecule has 1 fully saturated rings. The van der Waals surface area contributed by atoms with Crippen LogP contribution in [0.3, 0.4) is 0 Å². The van der Waals surface area contributed by atoms with Crippen molar-refractivity contribution in [1.82, 2.24) is 20.4 Å². The van der Waals surface area contributed by atoms with E-state index in [4.69, 9.17) is 14.5 Å². The van der Waals surface area contributed by atoms with Crippen molar-refractivity contribution < 1.29 is 9.47 Å². The van der Waals surface area contributed by atoms with Gasteiger partial charge in [0, 0.05) is 44.8 Å². The Labute approximate surface area is 182 Å². The van der Waals surface area contributed by atoms with Gasteiger partial charge in [0.25, 0.3) is 0 Å². The van der Waals surface area contributed by atoms with E-state index in [9.17, 15) is 0 Å². The van der Waals surface area contributed by atoms with E-state index in [2.05, 4.69) is 47.3 Å². The lowest BCUT2D eigenvalue weighted by Gasteiger charge is -2.34. The molecule has 0 radical (unpaired) electrons. The number of hydrogen-bond donors (Lipinski definition) is 2. The van der Waals surface area contributed by atoms with Gasteiger partial charge in [0.05, 0.1) is 19.3 Å². The monoisotopic (exact) mass is 419 g/mol. The third-order valence-corrected chi connectivity index (χ3v) is 4.86. The summed E-state index contributed by atoms with van der Waals surface area (Å²) in [5, 5.41) is 6.79. The molecule has 1 saturated heterocycles. The van der Waals surface area contributed by atoms with Gasteiger partial charge in [-0.2, -0.15) is 0 Å². The van der Waals surface area contributed by atoms with Gasteiger partial charge < -0.3 is 25.0 Å². The fourth-order valence-corrected chi connectivity index (χ4v) is 3.42. The minimum absolute atomic E-state index is 0.183. The maximum absolute atomic E-state index is 5.96. The van der Waals surface area contributed by atoms with Gasteiger partial charge in [-0.15, -0.1) is 0 Å². The van der Waals surface area contributed by atoms with Gasteiger partial charge in [-0.1, -0.05) is 32.0 Å². The number of benzene rings is 1. The molecule has 0 amide bonds. The van der Waals surface area contributed by atoms with E-state index in [-0.39, 0.29) is 6.10 Å². The first-order valence-electron chi connectivity index (χ1n) is 11.2. The highest BCUT2D eigenvalue weighted by Gasteiger charge is 2.21. The molecule has 0 aliphatic carbocycles.